The molecule has 6 nitrogen and oxygen atoms in total. The number of aliphatic hydroxyl groups is 1. The van der Waals surface area contributed by atoms with E-state index in [9.17, 15) is 9.90 Å². The molecule has 0 fully saturated rings. The van der Waals surface area contributed by atoms with Crippen molar-refractivity contribution in [1.29, 1.82) is 0 Å². The lowest BCUT2D eigenvalue weighted by Crippen LogP contribution is -2.30. The summed E-state index contributed by atoms with van der Waals surface area (Å²) in [5, 5.41) is 12.3. The standard InChI is InChI=1S/C13H22N4O2/c1-4-6-14-12-9-15-11(8-16-12)13(19)17(3)7-5-10(2)18/h8-10,18H,4-7H2,1-3H3,(H,14,16). The van der Waals surface area contributed by atoms with Crippen molar-refractivity contribution in [3.05, 3.63) is 18.1 Å². The van der Waals surface area contributed by atoms with Gasteiger partial charge in [0.1, 0.15) is 11.5 Å². The zero-order valence-electron chi connectivity index (χ0n) is 11.8. The molecule has 1 unspecified atom stereocenters. The minimum Gasteiger partial charge on any atom is -0.393 e. The lowest BCUT2D eigenvalue weighted by molar-refractivity contribution is 0.0763. The van der Waals surface area contributed by atoms with Crippen LogP contribution >= 0.6 is 0 Å². The molecule has 106 valence electrons. The first kappa shape index (κ1) is 15.4. The first-order valence-corrected chi connectivity index (χ1v) is 6.54. The summed E-state index contributed by atoms with van der Waals surface area (Å²) in [4.78, 5) is 21.8. The first-order valence-electron chi connectivity index (χ1n) is 6.54. The molecule has 2 N–H and O–H groups in total. The molecule has 1 amide bonds. The third-order valence-corrected chi connectivity index (χ3v) is 2.66. The van der Waals surface area contributed by atoms with Crippen molar-refractivity contribution < 1.29 is 9.90 Å². The van der Waals surface area contributed by atoms with Crippen LogP contribution in [0.4, 0.5) is 5.82 Å². The molecular formula is C13H22N4O2. The van der Waals surface area contributed by atoms with E-state index >= 15 is 0 Å². The van der Waals surface area contributed by atoms with Gasteiger partial charge in [-0.1, -0.05) is 6.92 Å². The van der Waals surface area contributed by atoms with Gasteiger partial charge in [0.25, 0.3) is 5.91 Å². The number of amides is 1. The molecule has 1 heterocycles. The Balaban J connectivity index is 2.56. The minimum absolute atomic E-state index is 0.185. The van der Waals surface area contributed by atoms with Crippen LogP contribution < -0.4 is 5.32 Å². The molecule has 0 bridgehead atoms. The van der Waals surface area contributed by atoms with Crippen LogP contribution in [0.5, 0.6) is 0 Å². The number of aromatic nitrogens is 2. The highest BCUT2D eigenvalue weighted by molar-refractivity contribution is 5.91. The number of anilines is 1. The van der Waals surface area contributed by atoms with Crippen LogP contribution in [-0.4, -0.2) is 52.1 Å². The fourth-order valence-corrected chi connectivity index (χ4v) is 1.46. The molecule has 0 aliphatic carbocycles. The molecule has 0 aliphatic heterocycles. The van der Waals surface area contributed by atoms with Gasteiger partial charge in [-0.3, -0.25) is 4.79 Å². The molecule has 1 rings (SSSR count). The molecule has 0 spiro atoms. The summed E-state index contributed by atoms with van der Waals surface area (Å²) in [5.41, 5.74) is 0.315. The average molecular weight is 266 g/mol. The Morgan fingerprint density at radius 2 is 2.21 bits per heavy atom. The molecule has 0 radical (unpaired) electrons. The summed E-state index contributed by atoms with van der Waals surface area (Å²) in [7, 11) is 1.69. The molecule has 1 atom stereocenters. The summed E-state index contributed by atoms with van der Waals surface area (Å²) < 4.78 is 0. The zero-order chi connectivity index (χ0) is 14.3. The highest BCUT2D eigenvalue weighted by Gasteiger charge is 2.14. The van der Waals surface area contributed by atoms with Crippen LogP contribution in [0.15, 0.2) is 12.4 Å². The van der Waals surface area contributed by atoms with Gasteiger partial charge in [-0.05, 0) is 19.8 Å². The second-order valence-corrected chi connectivity index (χ2v) is 4.58. The second kappa shape index (κ2) is 7.68. The molecule has 1 aromatic heterocycles. The highest BCUT2D eigenvalue weighted by atomic mass is 16.3. The van der Waals surface area contributed by atoms with Crippen LogP contribution in [0.25, 0.3) is 0 Å². The summed E-state index contributed by atoms with van der Waals surface area (Å²) in [6.45, 7) is 5.09. The Bertz CT molecular complexity index is 392. The van der Waals surface area contributed by atoms with E-state index in [0.29, 0.717) is 24.5 Å². The maximum Gasteiger partial charge on any atom is 0.273 e. The van der Waals surface area contributed by atoms with Gasteiger partial charge in [-0.2, -0.15) is 0 Å². The largest absolute Gasteiger partial charge is 0.393 e. The van der Waals surface area contributed by atoms with E-state index in [-0.39, 0.29) is 5.91 Å². The Morgan fingerprint density at radius 1 is 1.47 bits per heavy atom. The minimum atomic E-state index is -0.415. The molecule has 0 saturated carbocycles. The van der Waals surface area contributed by atoms with Crippen LogP contribution in [0.1, 0.15) is 37.2 Å². The Hall–Kier alpha value is -1.69. The number of nitrogens with zero attached hydrogens (tertiary/aromatic N) is 3. The lowest BCUT2D eigenvalue weighted by Gasteiger charge is -2.17. The number of aliphatic hydroxyl groups excluding tert-OH is 1. The van der Waals surface area contributed by atoms with E-state index in [0.717, 1.165) is 13.0 Å². The van der Waals surface area contributed by atoms with Crippen molar-refractivity contribution in [2.45, 2.75) is 32.8 Å². The van der Waals surface area contributed by atoms with E-state index in [4.69, 9.17) is 0 Å². The Kier molecular flexibility index (Phi) is 6.21. The fourth-order valence-electron chi connectivity index (χ4n) is 1.46. The van der Waals surface area contributed by atoms with Gasteiger partial charge in [0.2, 0.25) is 0 Å². The predicted molar refractivity (Wildman–Crippen MR) is 74.1 cm³/mol. The maximum atomic E-state index is 12.0. The van der Waals surface area contributed by atoms with Crippen molar-refractivity contribution >= 4 is 11.7 Å². The lowest BCUT2D eigenvalue weighted by atomic mass is 10.2. The average Bonchev–Trinajstić information content (AvgIpc) is 2.42. The van der Waals surface area contributed by atoms with Crippen LogP contribution in [0, 0.1) is 0 Å². The zero-order valence-corrected chi connectivity index (χ0v) is 11.8. The topological polar surface area (TPSA) is 78.4 Å². The van der Waals surface area contributed by atoms with E-state index in [1.54, 1.807) is 20.2 Å². The van der Waals surface area contributed by atoms with Crippen molar-refractivity contribution in [1.82, 2.24) is 14.9 Å². The van der Waals surface area contributed by atoms with Gasteiger partial charge in [0, 0.05) is 20.1 Å². The molecule has 0 saturated heterocycles. The van der Waals surface area contributed by atoms with E-state index in [1.165, 1.54) is 11.1 Å². The van der Waals surface area contributed by atoms with Gasteiger partial charge < -0.3 is 15.3 Å². The van der Waals surface area contributed by atoms with Crippen molar-refractivity contribution in [2.24, 2.45) is 0 Å². The SMILES string of the molecule is CCCNc1cnc(C(=O)N(C)CCC(C)O)cn1. The van der Waals surface area contributed by atoms with E-state index in [2.05, 4.69) is 22.2 Å². The predicted octanol–water partition coefficient (Wildman–Crippen LogP) is 1.14. The normalized spacial score (nSPS) is 12.0. The smallest absolute Gasteiger partial charge is 0.273 e. The quantitative estimate of drug-likeness (QED) is 0.774. The van der Waals surface area contributed by atoms with Gasteiger partial charge in [0.05, 0.1) is 18.5 Å². The number of hydrogen-bond donors (Lipinski definition) is 2. The van der Waals surface area contributed by atoms with Crippen molar-refractivity contribution in [2.75, 3.05) is 25.5 Å². The summed E-state index contributed by atoms with van der Waals surface area (Å²) in [6, 6.07) is 0. The van der Waals surface area contributed by atoms with E-state index in [1.807, 2.05) is 0 Å². The molecule has 19 heavy (non-hydrogen) atoms. The number of carbonyl (C=O) groups excluding carboxylic acids is 1. The summed E-state index contributed by atoms with van der Waals surface area (Å²) in [6.07, 6.45) is 4.17. The van der Waals surface area contributed by atoms with Crippen molar-refractivity contribution in [3.8, 4) is 0 Å². The molecular weight excluding hydrogens is 244 g/mol. The molecule has 1 aromatic rings. The molecule has 6 heteroatoms. The molecule has 0 aromatic carbocycles. The van der Waals surface area contributed by atoms with Gasteiger partial charge in [0.15, 0.2) is 0 Å². The first-order chi connectivity index (χ1) is 9.04. The Labute approximate surface area is 113 Å². The van der Waals surface area contributed by atoms with Gasteiger partial charge in [-0.15, -0.1) is 0 Å². The van der Waals surface area contributed by atoms with Crippen LogP contribution in [-0.2, 0) is 0 Å². The summed E-state index contributed by atoms with van der Waals surface area (Å²) >= 11 is 0. The third-order valence-electron chi connectivity index (χ3n) is 2.66. The number of nitrogens with one attached hydrogen (secondary N) is 1. The maximum absolute atomic E-state index is 12.0. The number of rotatable bonds is 7. The fraction of sp³-hybridized carbons (Fsp3) is 0.615. The molecule has 0 aliphatic rings. The van der Waals surface area contributed by atoms with Crippen molar-refractivity contribution in [3.63, 3.8) is 0 Å². The number of carbonyl (C=O) groups is 1. The summed E-state index contributed by atoms with van der Waals surface area (Å²) in [5.74, 6) is 0.486. The van der Waals surface area contributed by atoms with Crippen LogP contribution in [0.2, 0.25) is 0 Å². The van der Waals surface area contributed by atoms with Gasteiger partial charge >= 0.3 is 0 Å². The van der Waals surface area contributed by atoms with E-state index < -0.39 is 6.10 Å². The van der Waals surface area contributed by atoms with Gasteiger partial charge in [-0.25, -0.2) is 9.97 Å². The monoisotopic (exact) mass is 266 g/mol. The van der Waals surface area contributed by atoms with Crippen LogP contribution in [0.3, 0.4) is 0 Å². The third kappa shape index (κ3) is 5.21. The second-order valence-electron chi connectivity index (χ2n) is 4.58. The highest BCUT2D eigenvalue weighted by Crippen LogP contribution is 2.04. The Morgan fingerprint density at radius 3 is 2.74 bits per heavy atom. The number of hydrogen-bond acceptors (Lipinski definition) is 5.